The van der Waals surface area contributed by atoms with Crippen LogP contribution in [0.15, 0.2) is 71.3 Å². The average Bonchev–Trinajstić information content (AvgIpc) is 3.34. The third-order valence-corrected chi connectivity index (χ3v) is 4.56. The number of carbonyl (C=O) groups excluding carboxylic acids is 4. The third-order valence-electron chi connectivity index (χ3n) is 4.56. The second-order valence-corrected chi connectivity index (χ2v) is 6.65. The Morgan fingerprint density at radius 3 is 2.47 bits per heavy atom. The van der Waals surface area contributed by atoms with Gasteiger partial charge in [0.2, 0.25) is 6.41 Å². The van der Waals surface area contributed by atoms with Crippen molar-refractivity contribution in [3.63, 3.8) is 0 Å². The van der Waals surface area contributed by atoms with Crippen molar-refractivity contribution in [1.29, 1.82) is 0 Å². The van der Waals surface area contributed by atoms with Gasteiger partial charge in [-0.05, 0) is 48.5 Å². The SMILES string of the molecule is CN(C(=O)COC(=O)c1ccc(NC=O)cc1)c1ccccc1C(=O)NCc1ccco1. The molecule has 0 aliphatic rings. The maximum Gasteiger partial charge on any atom is 0.338 e. The van der Waals surface area contributed by atoms with Gasteiger partial charge in [-0.2, -0.15) is 0 Å². The van der Waals surface area contributed by atoms with Crippen LogP contribution in [0.2, 0.25) is 0 Å². The number of para-hydroxylation sites is 1. The minimum Gasteiger partial charge on any atom is -0.467 e. The molecular weight excluding hydrogens is 414 g/mol. The Hall–Kier alpha value is -4.40. The van der Waals surface area contributed by atoms with Gasteiger partial charge in [0, 0.05) is 12.7 Å². The van der Waals surface area contributed by atoms with Crippen LogP contribution in [0.25, 0.3) is 0 Å². The monoisotopic (exact) mass is 435 g/mol. The zero-order valence-corrected chi connectivity index (χ0v) is 17.2. The molecule has 1 aromatic heterocycles. The van der Waals surface area contributed by atoms with Crippen molar-refractivity contribution in [3.05, 3.63) is 83.8 Å². The van der Waals surface area contributed by atoms with E-state index in [4.69, 9.17) is 9.15 Å². The molecule has 0 aliphatic carbocycles. The summed E-state index contributed by atoms with van der Waals surface area (Å²) < 4.78 is 10.3. The van der Waals surface area contributed by atoms with Gasteiger partial charge < -0.3 is 24.7 Å². The normalized spacial score (nSPS) is 10.2. The van der Waals surface area contributed by atoms with Crippen LogP contribution < -0.4 is 15.5 Å². The number of likely N-dealkylation sites (N-methyl/N-ethyl adjacent to an activating group) is 1. The van der Waals surface area contributed by atoms with E-state index in [-0.39, 0.29) is 18.0 Å². The van der Waals surface area contributed by atoms with Gasteiger partial charge in [-0.15, -0.1) is 0 Å². The number of rotatable bonds is 9. The first-order valence-electron chi connectivity index (χ1n) is 9.63. The van der Waals surface area contributed by atoms with Gasteiger partial charge >= 0.3 is 5.97 Å². The van der Waals surface area contributed by atoms with Crippen LogP contribution in [0.4, 0.5) is 11.4 Å². The Kier molecular flexibility index (Phi) is 7.37. The number of carbonyl (C=O) groups is 4. The predicted molar refractivity (Wildman–Crippen MR) is 116 cm³/mol. The number of furan rings is 1. The van der Waals surface area contributed by atoms with E-state index < -0.39 is 18.5 Å². The summed E-state index contributed by atoms with van der Waals surface area (Å²) in [7, 11) is 1.49. The van der Waals surface area contributed by atoms with Crippen LogP contribution in [0, 0.1) is 0 Å². The predicted octanol–water partition coefficient (Wildman–Crippen LogP) is 2.60. The first-order valence-corrected chi connectivity index (χ1v) is 9.63. The maximum atomic E-state index is 12.6. The Balaban J connectivity index is 1.61. The Bertz CT molecular complexity index is 1090. The number of benzene rings is 2. The lowest BCUT2D eigenvalue weighted by molar-refractivity contribution is -0.121. The molecule has 3 rings (SSSR count). The number of ether oxygens (including phenoxy) is 1. The van der Waals surface area contributed by atoms with E-state index in [9.17, 15) is 19.2 Å². The van der Waals surface area contributed by atoms with Gasteiger partial charge in [0.1, 0.15) is 5.76 Å². The smallest absolute Gasteiger partial charge is 0.338 e. The van der Waals surface area contributed by atoms with Gasteiger partial charge in [0.05, 0.1) is 29.6 Å². The van der Waals surface area contributed by atoms with E-state index >= 15 is 0 Å². The first kappa shape index (κ1) is 22.3. The highest BCUT2D eigenvalue weighted by molar-refractivity contribution is 6.05. The van der Waals surface area contributed by atoms with Crippen molar-refractivity contribution < 1.29 is 28.3 Å². The lowest BCUT2D eigenvalue weighted by Gasteiger charge is -2.20. The Morgan fingerprint density at radius 1 is 1.03 bits per heavy atom. The summed E-state index contributed by atoms with van der Waals surface area (Å²) in [5, 5.41) is 5.19. The molecule has 164 valence electrons. The molecule has 0 saturated carbocycles. The van der Waals surface area contributed by atoms with Gasteiger partial charge in [-0.3, -0.25) is 14.4 Å². The summed E-state index contributed by atoms with van der Waals surface area (Å²) in [4.78, 5) is 49.1. The summed E-state index contributed by atoms with van der Waals surface area (Å²) in [6, 6.07) is 16.1. The molecular formula is C23H21N3O6. The van der Waals surface area contributed by atoms with Crippen molar-refractivity contribution in [2.24, 2.45) is 0 Å². The lowest BCUT2D eigenvalue weighted by Crippen LogP contribution is -2.33. The number of amides is 3. The van der Waals surface area contributed by atoms with Gasteiger partial charge in [-0.1, -0.05) is 12.1 Å². The van der Waals surface area contributed by atoms with Crippen LogP contribution in [0.1, 0.15) is 26.5 Å². The zero-order chi connectivity index (χ0) is 22.9. The molecule has 0 aliphatic heterocycles. The van der Waals surface area contributed by atoms with Crippen LogP contribution in [0.3, 0.4) is 0 Å². The molecule has 9 heteroatoms. The van der Waals surface area contributed by atoms with E-state index in [0.29, 0.717) is 29.1 Å². The van der Waals surface area contributed by atoms with Crippen molar-refractivity contribution in [1.82, 2.24) is 5.32 Å². The van der Waals surface area contributed by atoms with E-state index in [0.717, 1.165) is 0 Å². The highest BCUT2D eigenvalue weighted by atomic mass is 16.5. The molecule has 0 unspecified atom stereocenters. The van der Waals surface area contributed by atoms with Gasteiger partial charge in [0.15, 0.2) is 6.61 Å². The van der Waals surface area contributed by atoms with E-state index in [1.54, 1.807) is 36.4 Å². The zero-order valence-electron chi connectivity index (χ0n) is 17.2. The van der Waals surface area contributed by atoms with Gasteiger partial charge in [-0.25, -0.2) is 4.79 Å². The van der Waals surface area contributed by atoms with Crippen LogP contribution in [-0.2, 0) is 20.9 Å². The molecule has 0 fully saturated rings. The van der Waals surface area contributed by atoms with Gasteiger partial charge in [0.25, 0.3) is 11.8 Å². The maximum absolute atomic E-state index is 12.6. The Labute approximate surface area is 184 Å². The molecule has 2 aromatic carbocycles. The second-order valence-electron chi connectivity index (χ2n) is 6.65. The fourth-order valence-electron chi connectivity index (χ4n) is 2.85. The molecule has 0 radical (unpaired) electrons. The van der Waals surface area contributed by atoms with E-state index in [1.807, 2.05) is 0 Å². The summed E-state index contributed by atoms with van der Waals surface area (Å²) in [6.07, 6.45) is 2.04. The number of hydrogen-bond donors (Lipinski definition) is 2. The van der Waals surface area contributed by atoms with Crippen molar-refractivity contribution in [3.8, 4) is 0 Å². The molecule has 0 spiro atoms. The molecule has 1 heterocycles. The number of anilines is 2. The minimum atomic E-state index is -0.686. The highest BCUT2D eigenvalue weighted by Gasteiger charge is 2.20. The fourth-order valence-corrected chi connectivity index (χ4v) is 2.85. The van der Waals surface area contributed by atoms with Crippen LogP contribution in [0.5, 0.6) is 0 Å². The largest absolute Gasteiger partial charge is 0.467 e. The first-order chi connectivity index (χ1) is 15.5. The fraction of sp³-hybridized carbons (Fsp3) is 0.130. The van der Waals surface area contributed by atoms with E-state index in [1.165, 1.54) is 42.5 Å². The summed E-state index contributed by atoms with van der Waals surface area (Å²) in [5.74, 6) is -0.974. The molecule has 32 heavy (non-hydrogen) atoms. The molecule has 2 N–H and O–H groups in total. The average molecular weight is 435 g/mol. The molecule has 0 saturated heterocycles. The number of hydrogen-bond acceptors (Lipinski definition) is 6. The quantitative estimate of drug-likeness (QED) is 0.394. The summed E-state index contributed by atoms with van der Waals surface area (Å²) in [5.41, 5.74) is 1.41. The molecule has 3 amide bonds. The lowest BCUT2D eigenvalue weighted by atomic mass is 10.1. The van der Waals surface area contributed by atoms with Crippen molar-refractivity contribution >= 4 is 35.6 Å². The molecule has 0 bridgehead atoms. The topological polar surface area (TPSA) is 118 Å². The second kappa shape index (κ2) is 10.6. The van der Waals surface area contributed by atoms with Crippen LogP contribution >= 0.6 is 0 Å². The highest BCUT2D eigenvalue weighted by Crippen LogP contribution is 2.20. The standard InChI is InChI=1S/C23H21N3O6/c1-26(21(28)14-32-23(30)16-8-10-17(11-9-16)25-15-27)20-7-3-2-6-19(20)22(29)24-13-18-5-4-12-31-18/h2-12,15H,13-14H2,1H3,(H,24,29)(H,25,27). The van der Waals surface area contributed by atoms with Crippen molar-refractivity contribution in [2.45, 2.75) is 6.54 Å². The number of esters is 1. The summed E-state index contributed by atoms with van der Waals surface area (Å²) >= 11 is 0. The number of nitrogens with zero attached hydrogens (tertiary/aromatic N) is 1. The minimum absolute atomic E-state index is 0.205. The van der Waals surface area contributed by atoms with E-state index in [2.05, 4.69) is 10.6 Å². The number of nitrogens with one attached hydrogen (secondary N) is 2. The molecule has 0 atom stereocenters. The van der Waals surface area contributed by atoms with Crippen LogP contribution in [-0.4, -0.2) is 37.8 Å². The third kappa shape index (κ3) is 5.60. The Morgan fingerprint density at radius 2 is 1.78 bits per heavy atom. The summed E-state index contributed by atoms with van der Waals surface area (Å²) in [6.45, 7) is -0.303. The van der Waals surface area contributed by atoms with Crippen molar-refractivity contribution in [2.75, 3.05) is 23.9 Å². The molecule has 3 aromatic rings. The molecule has 9 nitrogen and oxygen atoms in total.